The predicted molar refractivity (Wildman–Crippen MR) is 69.7 cm³/mol. The van der Waals surface area contributed by atoms with Gasteiger partial charge in [-0.3, -0.25) is 9.59 Å². The number of ether oxygens (including phenoxy) is 3. The van der Waals surface area contributed by atoms with Crippen molar-refractivity contribution in [3.8, 4) is 0 Å². The normalized spacial score (nSPS) is 18.1. The fourth-order valence-corrected chi connectivity index (χ4v) is 2.73. The number of carbonyl (C=O) groups excluding carboxylic acids is 3. The number of esters is 2. The molecule has 0 aromatic carbocycles. The Labute approximate surface area is 118 Å². The first-order chi connectivity index (χ1) is 9.60. The average Bonchev–Trinajstić information content (AvgIpc) is 2.93. The van der Waals surface area contributed by atoms with E-state index in [0.717, 1.165) is 25.7 Å². The smallest absolute Gasteiger partial charge is 0.351 e. The third-order valence-electron chi connectivity index (χ3n) is 3.61. The lowest BCUT2D eigenvalue weighted by Crippen LogP contribution is -2.50. The molecule has 6 heteroatoms. The van der Waals surface area contributed by atoms with Crippen molar-refractivity contribution in [2.45, 2.75) is 51.6 Å². The Hall–Kier alpha value is -1.59. The SMILES string of the molecule is CCOC(=O)CC(OC=O)(C(=O)OCC)C1CCCC1. The third kappa shape index (κ3) is 3.71. The molecule has 0 spiro atoms. The van der Waals surface area contributed by atoms with Crippen molar-refractivity contribution in [1.29, 1.82) is 0 Å². The molecule has 0 radical (unpaired) electrons. The Bertz CT molecular complexity index is 348. The maximum Gasteiger partial charge on any atom is 0.351 e. The molecule has 1 aliphatic rings. The molecular weight excluding hydrogens is 264 g/mol. The molecule has 0 aromatic heterocycles. The van der Waals surface area contributed by atoms with Crippen LogP contribution in [-0.2, 0) is 28.6 Å². The Morgan fingerprint density at radius 1 is 1.15 bits per heavy atom. The molecule has 1 saturated carbocycles. The minimum Gasteiger partial charge on any atom is -0.466 e. The van der Waals surface area contributed by atoms with Gasteiger partial charge in [-0.25, -0.2) is 4.79 Å². The Morgan fingerprint density at radius 3 is 2.25 bits per heavy atom. The topological polar surface area (TPSA) is 78.9 Å². The van der Waals surface area contributed by atoms with Crippen molar-refractivity contribution < 1.29 is 28.6 Å². The van der Waals surface area contributed by atoms with E-state index in [9.17, 15) is 14.4 Å². The van der Waals surface area contributed by atoms with Crippen LogP contribution in [0, 0.1) is 5.92 Å². The van der Waals surface area contributed by atoms with Crippen LogP contribution in [0.5, 0.6) is 0 Å². The van der Waals surface area contributed by atoms with E-state index in [-0.39, 0.29) is 32.0 Å². The van der Waals surface area contributed by atoms with Gasteiger partial charge in [0, 0.05) is 5.92 Å². The first kappa shape index (κ1) is 16.5. The summed E-state index contributed by atoms with van der Waals surface area (Å²) in [5, 5.41) is 0. The number of carbonyl (C=O) groups is 3. The zero-order valence-corrected chi connectivity index (χ0v) is 12.1. The molecule has 0 bridgehead atoms. The summed E-state index contributed by atoms with van der Waals surface area (Å²) in [6, 6.07) is 0. The van der Waals surface area contributed by atoms with Crippen molar-refractivity contribution in [3.05, 3.63) is 0 Å². The molecule has 114 valence electrons. The minimum atomic E-state index is -1.54. The van der Waals surface area contributed by atoms with E-state index >= 15 is 0 Å². The summed E-state index contributed by atoms with van der Waals surface area (Å²) in [5.41, 5.74) is -1.54. The van der Waals surface area contributed by atoms with E-state index in [0.29, 0.717) is 0 Å². The van der Waals surface area contributed by atoms with Crippen molar-refractivity contribution >= 4 is 18.4 Å². The van der Waals surface area contributed by atoms with Crippen molar-refractivity contribution in [1.82, 2.24) is 0 Å². The quantitative estimate of drug-likeness (QED) is 0.383. The van der Waals surface area contributed by atoms with E-state index < -0.39 is 17.5 Å². The highest BCUT2D eigenvalue weighted by atomic mass is 16.6. The molecule has 0 aromatic rings. The van der Waals surface area contributed by atoms with Crippen molar-refractivity contribution in [2.75, 3.05) is 13.2 Å². The Morgan fingerprint density at radius 2 is 1.75 bits per heavy atom. The van der Waals surface area contributed by atoms with Gasteiger partial charge in [0.05, 0.1) is 19.6 Å². The largest absolute Gasteiger partial charge is 0.466 e. The summed E-state index contributed by atoms with van der Waals surface area (Å²) in [5.74, 6) is -1.42. The molecule has 1 unspecified atom stereocenters. The van der Waals surface area contributed by atoms with E-state index in [4.69, 9.17) is 14.2 Å². The second-order valence-electron chi connectivity index (χ2n) is 4.79. The lowest BCUT2D eigenvalue weighted by Gasteiger charge is -2.33. The van der Waals surface area contributed by atoms with Gasteiger partial charge in [-0.05, 0) is 26.7 Å². The van der Waals surface area contributed by atoms with Crippen LogP contribution in [-0.4, -0.2) is 37.2 Å². The molecule has 0 aliphatic heterocycles. The Balaban J connectivity index is 3.00. The van der Waals surface area contributed by atoms with E-state index in [1.807, 2.05) is 0 Å². The first-order valence-corrected chi connectivity index (χ1v) is 7.05. The van der Waals surface area contributed by atoms with Crippen LogP contribution in [0.1, 0.15) is 46.0 Å². The molecular formula is C14H22O6. The first-order valence-electron chi connectivity index (χ1n) is 7.05. The minimum absolute atomic E-state index is 0.165. The lowest BCUT2D eigenvalue weighted by molar-refractivity contribution is -0.188. The molecule has 6 nitrogen and oxygen atoms in total. The molecule has 1 rings (SSSR count). The van der Waals surface area contributed by atoms with Gasteiger partial charge in [-0.2, -0.15) is 0 Å². The van der Waals surface area contributed by atoms with Crippen LogP contribution >= 0.6 is 0 Å². The summed E-state index contributed by atoms with van der Waals surface area (Å²) >= 11 is 0. The maximum absolute atomic E-state index is 12.3. The van der Waals surface area contributed by atoms with E-state index in [1.54, 1.807) is 13.8 Å². The maximum atomic E-state index is 12.3. The van der Waals surface area contributed by atoms with Crippen LogP contribution in [0.4, 0.5) is 0 Å². The number of hydrogen-bond donors (Lipinski definition) is 0. The summed E-state index contributed by atoms with van der Waals surface area (Å²) in [7, 11) is 0. The molecule has 0 N–H and O–H groups in total. The third-order valence-corrected chi connectivity index (χ3v) is 3.61. The fourth-order valence-electron chi connectivity index (χ4n) is 2.73. The highest BCUT2D eigenvalue weighted by Gasteiger charge is 2.52. The van der Waals surface area contributed by atoms with Gasteiger partial charge in [0.25, 0.3) is 6.47 Å². The highest BCUT2D eigenvalue weighted by molar-refractivity contribution is 5.87. The lowest BCUT2D eigenvalue weighted by atomic mass is 9.83. The summed E-state index contributed by atoms with van der Waals surface area (Å²) < 4.78 is 15.0. The Kier molecular flexibility index (Phi) is 6.48. The van der Waals surface area contributed by atoms with Gasteiger partial charge in [0.1, 0.15) is 0 Å². The fraction of sp³-hybridized carbons (Fsp3) is 0.786. The van der Waals surface area contributed by atoms with Crippen molar-refractivity contribution in [3.63, 3.8) is 0 Å². The van der Waals surface area contributed by atoms with Gasteiger partial charge < -0.3 is 14.2 Å². The zero-order chi connectivity index (χ0) is 15.0. The monoisotopic (exact) mass is 286 g/mol. The molecule has 0 heterocycles. The molecule has 0 amide bonds. The summed E-state index contributed by atoms with van der Waals surface area (Å²) in [6.07, 6.45) is 3.05. The van der Waals surface area contributed by atoms with Gasteiger partial charge in [-0.1, -0.05) is 12.8 Å². The molecule has 1 atom stereocenters. The van der Waals surface area contributed by atoms with Crippen LogP contribution in [0.25, 0.3) is 0 Å². The van der Waals surface area contributed by atoms with E-state index in [2.05, 4.69) is 0 Å². The molecule has 1 fully saturated rings. The predicted octanol–water partition coefficient (Wildman–Crippen LogP) is 1.60. The van der Waals surface area contributed by atoms with Gasteiger partial charge in [0.2, 0.25) is 5.60 Å². The standard InChI is InChI=1S/C14H22O6/c1-3-18-12(16)9-14(20-10-15,13(17)19-4-2)11-7-5-6-8-11/h10-11H,3-9H2,1-2H3. The molecule has 20 heavy (non-hydrogen) atoms. The summed E-state index contributed by atoms with van der Waals surface area (Å²) in [6.45, 7) is 3.94. The zero-order valence-electron chi connectivity index (χ0n) is 12.1. The van der Waals surface area contributed by atoms with Crippen LogP contribution < -0.4 is 0 Å². The highest BCUT2D eigenvalue weighted by Crippen LogP contribution is 2.39. The van der Waals surface area contributed by atoms with Crippen molar-refractivity contribution in [2.24, 2.45) is 5.92 Å². The molecule has 0 saturated heterocycles. The average molecular weight is 286 g/mol. The summed E-state index contributed by atoms with van der Waals surface area (Å²) in [4.78, 5) is 34.9. The van der Waals surface area contributed by atoms with Gasteiger partial charge in [0.15, 0.2) is 0 Å². The van der Waals surface area contributed by atoms with Gasteiger partial charge >= 0.3 is 11.9 Å². The van der Waals surface area contributed by atoms with Crippen LogP contribution in [0.15, 0.2) is 0 Å². The second-order valence-corrected chi connectivity index (χ2v) is 4.79. The van der Waals surface area contributed by atoms with Gasteiger partial charge in [-0.15, -0.1) is 0 Å². The number of hydrogen-bond acceptors (Lipinski definition) is 6. The van der Waals surface area contributed by atoms with Crippen LogP contribution in [0.2, 0.25) is 0 Å². The van der Waals surface area contributed by atoms with E-state index in [1.165, 1.54) is 0 Å². The second kappa shape index (κ2) is 7.87. The molecule has 1 aliphatic carbocycles. The number of rotatable bonds is 8. The van der Waals surface area contributed by atoms with Crippen LogP contribution in [0.3, 0.4) is 0 Å².